The average molecular weight is 399 g/mol. The number of carbonyl (C=O) groups excluding carboxylic acids is 2. The lowest BCUT2D eigenvalue weighted by molar-refractivity contribution is -0.135. The van der Waals surface area contributed by atoms with Crippen molar-refractivity contribution in [1.29, 1.82) is 0 Å². The van der Waals surface area contributed by atoms with E-state index in [9.17, 15) is 9.59 Å². The monoisotopic (exact) mass is 398 g/mol. The lowest BCUT2D eigenvalue weighted by Crippen LogP contribution is -2.47. The minimum atomic E-state index is -0.140. The first-order chi connectivity index (χ1) is 13.3. The molecule has 4 nitrogen and oxygen atoms in total. The molecule has 3 rings (SSSR count). The lowest BCUT2D eigenvalue weighted by atomic mass is 9.85. The highest BCUT2D eigenvalue weighted by molar-refractivity contribution is 7.10. The largest absolute Gasteiger partial charge is 0.348 e. The number of nitrogens with one attached hydrogen (secondary N) is 1. The van der Waals surface area contributed by atoms with E-state index in [-0.39, 0.29) is 29.2 Å². The van der Waals surface area contributed by atoms with Gasteiger partial charge in [-0.3, -0.25) is 9.59 Å². The molecule has 0 bridgehead atoms. The quantitative estimate of drug-likeness (QED) is 0.810. The van der Waals surface area contributed by atoms with E-state index < -0.39 is 0 Å². The van der Waals surface area contributed by atoms with Crippen LogP contribution in [0.2, 0.25) is 0 Å². The van der Waals surface area contributed by atoms with E-state index in [4.69, 9.17) is 0 Å². The summed E-state index contributed by atoms with van der Waals surface area (Å²) < 4.78 is 0. The molecule has 28 heavy (non-hydrogen) atoms. The molecule has 2 heterocycles. The maximum absolute atomic E-state index is 13.0. The van der Waals surface area contributed by atoms with Gasteiger partial charge >= 0.3 is 0 Å². The summed E-state index contributed by atoms with van der Waals surface area (Å²) in [6.07, 6.45) is 2.11. The Bertz CT molecular complexity index is 781. The molecule has 1 aromatic heterocycles. The molecule has 2 amide bonds. The highest BCUT2D eigenvalue weighted by Crippen LogP contribution is 2.35. The highest BCUT2D eigenvalue weighted by Gasteiger charge is 2.33. The van der Waals surface area contributed by atoms with Crippen LogP contribution >= 0.6 is 11.3 Å². The number of amides is 2. The van der Waals surface area contributed by atoms with Crippen molar-refractivity contribution in [3.63, 3.8) is 0 Å². The normalized spacial score (nSPS) is 18.5. The molecule has 1 aliphatic heterocycles. The number of likely N-dealkylation sites (tertiary alicyclic amines) is 1. The molecular weight excluding hydrogens is 368 g/mol. The fourth-order valence-corrected chi connectivity index (χ4v) is 4.75. The summed E-state index contributed by atoms with van der Waals surface area (Å²) in [6.45, 7) is 7.69. The van der Waals surface area contributed by atoms with Crippen LogP contribution < -0.4 is 5.32 Å². The molecule has 150 valence electrons. The van der Waals surface area contributed by atoms with Crippen molar-refractivity contribution in [3.05, 3.63) is 58.3 Å². The first kappa shape index (κ1) is 20.6. The Hall–Kier alpha value is -2.14. The van der Waals surface area contributed by atoms with Crippen LogP contribution in [-0.2, 0) is 16.0 Å². The van der Waals surface area contributed by atoms with Crippen molar-refractivity contribution >= 4 is 23.2 Å². The molecule has 1 fully saturated rings. The third kappa shape index (κ3) is 5.22. The Morgan fingerprint density at radius 3 is 2.57 bits per heavy atom. The summed E-state index contributed by atoms with van der Waals surface area (Å²) in [5, 5.41) is 5.32. The Morgan fingerprint density at radius 1 is 1.18 bits per heavy atom. The summed E-state index contributed by atoms with van der Waals surface area (Å²) >= 11 is 1.67. The summed E-state index contributed by atoms with van der Waals surface area (Å²) in [6, 6.07) is 13.9. The van der Waals surface area contributed by atoms with Gasteiger partial charge in [0.25, 0.3) is 0 Å². The summed E-state index contributed by atoms with van der Waals surface area (Å²) in [7, 11) is 0. The van der Waals surface area contributed by atoms with E-state index in [0.717, 1.165) is 24.9 Å². The first-order valence-electron chi connectivity index (χ1n) is 10.00. The second-order valence-electron chi connectivity index (χ2n) is 8.66. The van der Waals surface area contributed by atoms with Crippen molar-refractivity contribution in [2.24, 2.45) is 11.3 Å². The van der Waals surface area contributed by atoms with Crippen LogP contribution in [-0.4, -0.2) is 29.8 Å². The van der Waals surface area contributed by atoms with Crippen LogP contribution in [0.4, 0.5) is 0 Å². The second kappa shape index (κ2) is 8.91. The zero-order valence-corrected chi connectivity index (χ0v) is 17.8. The Morgan fingerprint density at radius 2 is 1.93 bits per heavy atom. The number of carbonyl (C=O) groups is 2. The van der Waals surface area contributed by atoms with Crippen molar-refractivity contribution in [2.45, 2.75) is 46.1 Å². The van der Waals surface area contributed by atoms with Crippen LogP contribution in [0.5, 0.6) is 0 Å². The van der Waals surface area contributed by atoms with Gasteiger partial charge in [0.05, 0.1) is 18.4 Å². The zero-order valence-electron chi connectivity index (χ0n) is 17.0. The molecule has 0 aliphatic carbocycles. The number of rotatable bonds is 5. The standard InChI is InChI=1S/C23H30N2O2S/c1-23(2,3)21(19-12-8-14-28-19)24-22(27)18-11-7-13-25(16-18)20(26)15-17-9-5-4-6-10-17/h4-6,8-10,12,14,18,21H,7,11,13,15-16H2,1-3H3,(H,24,27). The maximum atomic E-state index is 13.0. The van der Waals surface area contributed by atoms with Crippen LogP contribution in [0, 0.1) is 11.3 Å². The topological polar surface area (TPSA) is 49.4 Å². The van der Waals surface area contributed by atoms with Gasteiger partial charge in [-0.1, -0.05) is 57.2 Å². The summed E-state index contributed by atoms with van der Waals surface area (Å²) in [5.74, 6) is 0.0261. The van der Waals surface area contributed by atoms with Crippen LogP contribution in [0.1, 0.15) is 50.1 Å². The molecular formula is C23H30N2O2S. The van der Waals surface area contributed by atoms with Crippen LogP contribution in [0.25, 0.3) is 0 Å². The molecule has 0 spiro atoms. The van der Waals surface area contributed by atoms with Crippen molar-refractivity contribution in [3.8, 4) is 0 Å². The molecule has 0 radical (unpaired) electrons. The molecule has 0 saturated carbocycles. The highest BCUT2D eigenvalue weighted by atomic mass is 32.1. The van der Waals surface area contributed by atoms with Gasteiger partial charge in [0.15, 0.2) is 0 Å². The van der Waals surface area contributed by atoms with Gasteiger partial charge < -0.3 is 10.2 Å². The first-order valence-corrected chi connectivity index (χ1v) is 10.9. The van der Waals surface area contributed by atoms with Gasteiger partial charge in [0, 0.05) is 18.0 Å². The minimum absolute atomic E-state index is 0.0182. The number of nitrogens with zero attached hydrogens (tertiary/aromatic N) is 1. The lowest BCUT2D eigenvalue weighted by Gasteiger charge is -2.35. The average Bonchev–Trinajstić information content (AvgIpc) is 3.20. The molecule has 1 aliphatic rings. The smallest absolute Gasteiger partial charge is 0.227 e. The number of thiophene rings is 1. The molecule has 2 unspecified atom stereocenters. The Labute approximate surface area is 172 Å². The van der Waals surface area contributed by atoms with Crippen molar-refractivity contribution in [1.82, 2.24) is 10.2 Å². The zero-order chi connectivity index (χ0) is 20.1. The van der Waals surface area contributed by atoms with Gasteiger partial charge in [-0.15, -0.1) is 11.3 Å². The van der Waals surface area contributed by atoms with Crippen LogP contribution in [0.15, 0.2) is 47.8 Å². The van der Waals surface area contributed by atoms with Crippen molar-refractivity contribution in [2.75, 3.05) is 13.1 Å². The van der Waals surface area contributed by atoms with Gasteiger partial charge in [-0.05, 0) is 35.3 Å². The predicted molar refractivity (Wildman–Crippen MR) is 114 cm³/mol. The molecule has 5 heteroatoms. The fourth-order valence-electron chi connectivity index (χ4n) is 3.73. The SMILES string of the molecule is CC(C)(C)C(NC(=O)C1CCCN(C(=O)Cc2ccccc2)C1)c1cccs1. The van der Waals surface area contributed by atoms with Crippen LogP contribution in [0.3, 0.4) is 0 Å². The molecule has 1 N–H and O–H groups in total. The van der Waals surface area contributed by atoms with E-state index in [0.29, 0.717) is 13.0 Å². The number of hydrogen-bond acceptors (Lipinski definition) is 3. The van der Waals surface area contributed by atoms with E-state index in [1.165, 1.54) is 4.88 Å². The minimum Gasteiger partial charge on any atom is -0.348 e. The van der Waals surface area contributed by atoms with Gasteiger partial charge in [0.1, 0.15) is 0 Å². The second-order valence-corrected chi connectivity index (χ2v) is 9.64. The third-order valence-electron chi connectivity index (χ3n) is 5.32. The summed E-state index contributed by atoms with van der Waals surface area (Å²) in [4.78, 5) is 28.8. The molecule has 2 atom stereocenters. The molecule has 1 aromatic carbocycles. The summed E-state index contributed by atoms with van der Waals surface area (Å²) in [5.41, 5.74) is 0.947. The third-order valence-corrected chi connectivity index (χ3v) is 6.26. The van der Waals surface area contributed by atoms with E-state index in [1.54, 1.807) is 11.3 Å². The van der Waals surface area contributed by atoms with E-state index in [2.05, 4.69) is 32.2 Å². The van der Waals surface area contributed by atoms with Gasteiger partial charge in [-0.2, -0.15) is 0 Å². The number of benzene rings is 1. The van der Waals surface area contributed by atoms with Gasteiger partial charge in [-0.25, -0.2) is 0 Å². The number of hydrogen-bond donors (Lipinski definition) is 1. The number of piperidine rings is 1. The Kier molecular flexibility index (Phi) is 6.55. The van der Waals surface area contributed by atoms with Crippen molar-refractivity contribution < 1.29 is 9.59 Å². The molecule has 1 saturated heterocycles. The fraction of sp³-hybridized carbons (Fsp3) is 0.478. The maximum Gasteiger partial charge on any atom is 0.227 e. The Balaban J connectivity index is 1.63. The van der Waals surface area contributed by atoms with Gasteiger partial charge in [0.2, 0.25) is 11.8 Å². The predicted octanol–water partition coefficient (Wildman–Crippen LogP) is 4.43. The van der Waals surface area contributed by atoms with E-state index >= 15 is 0 Å². The molecule has 2 aromatic rings. The van der Waals surface area contributed by atoms with E-state index in [1.807, 2.05) is 46.7 Å².